The van der Waals surface area contributed by atoms with Crippen LogP contribution in [-0.4, -0.2) is 75.5 Å². The van der Waals surface area contributed by atoms with E-state index >= 15 is 0 Å². The normalized spacial score (nSPS) is 30.0. The van der Waals surface area contributed by atoms with Gasteiger partial charge in [0, 0.05) is 6.20 Å². The lowest BCUT2D eigenvalue weighted by Gasteiger charge is -2.34. The van der Waals surface area contributed by atoms with E-state index in [1.807, 2.05) is 0 Å². The number of allylic oxidation sites excluding steroid dienone is 1. The second kappa shape index (κ2) is 11.5. The van der Waals surface area contributed by atoms with Gasteiger partial charge in [-0.25, -0.2) is 5.09 Å². The summed E-state index contributed by atoms with van der Waals surface area (Å²) < 4.78 is 39.5. The van der Waals surface area contributed by atoms with Crippen LogP contribution in [0.25, 0.3) is 0 Å². The highest BCUT2D eigenvalue weighted by Gasteiger charge is 2.55. The molecule has 1 amide bonds. The van der Waals surface area contributed by atoms with Crippen LogP contribution in [0.15, 0.2) is 42.6 Å². The molecule has 11 nitrogen and oxygen atoms in total. The highest BCUT2D eigenvalue weighted by atomic mass is 32.5. The molecule has 1 unspecified atom stereocenters. The molecule has 0 bridgehead atoms. The molecule has 2 aliphatic rings. The zero-order valence-electron chi connectivity index (χ0n) is 22.2. The Morgan fingerprint density at radius 2 is 2.03 bits per heavy atom. The third kappa shape index (κ3) is 6.77. The van der Waals surface area contributed by atoms with Gasteiger partial charge in [0.2, 0.25) is 5.91 Å². The van der Waals surface area contributed by atoms with Crippen molar-refractivity contribution in [2.75, 3.05) is 6.56 Å². The van der Waals surface area contributed by atoms with Gasteiger partial charge in [-0.3, -0.25) is 19.3 Å². The number of rotatable bonds is 10. The summed E-state index contributed by atoms with van der Waals surface area (Å²) in [5, 5.41) is 24.6. The van der Waals surface area contributed by atoms with Crippen molar-refractivity contribution >= 4 is 36.1 Å². The molecule has 2 aliphatic heterocycles. The lowest BCUT2D eigenvalue weighted by molar-refractivity contribution is -0.158. The fraction of sp³-hybridized carbons (Fsp3) is 0.522. The lowest BCUT2D eigenvalue weighted by Crippen LogP contribution is -2.54. The molecule has 1 saturated heterocycles. The number of benzene rings is 1. The van der Waals surface area contributed by atoms with Crippen LogP contribution in [0, 0.1) is 0 Å². The van der Waals surface area contributed by atoms with E-state index in [0.29, 0.717) is 0 Å². The van der Waals surface area contributed by atoms with E-state index in [-0.39, 0.29) is 5.75 Å². The SMILES string of the molecule is [2H]C([2H])(OP(=S)(N[C@@H](C)C(=O)OC(C)C)Oc1ccccc1)[C@H]1O[C@@H](N2C=CC(=O)CC2=O)[C@](C)(O)[C@@H]1O. The van der Waals surface area contributed by atoms with Crippen LogP contribution < -0.4 is 9.61 Å². The number of nitrogens with zero attached hydrogens (tertiary/aromatic N) is 1. The Morgan fingerprint density at radius 1 is 1.36 bits per heavy atom. The van der Waals surface area contributed by atoms with Crippen LogP contribution in [0.3, 0.4) is 0 Å². The van der Waals surface area contributed by atoms with Gasteiger partial charge in [-0.2, -0.15) is 0 Å². The third-order valence-corrected chi connectivity index (χ3v) is 7.53. The van der Waals surface area contributed by atoms with Gasteiger partial charge in [0.1, 0.15) is 29.6 Å². The summed E-state index contributed by atoms with van der Waals surface area (Å²) in [6, 6.07) is 7.06. The molecule has 6 atom stereocenters. The number of hydrogen-bond donors (Lipinski definition) is 3. The van der Waals surface area contributed by atoms with Gasteiger partial charge in [-0.15, -0.1) is 0 Å². The lowest BCUT2D eigenvalue weighted by atomic mass is 9.95. The predicted octanol–water partition coefficient (Wildman–Crippen LogP) is 1.39. The molecular weight excluding hydrogens is 511 g/mol. The number of aliphatic hydroxyl groups excluding tert-OH is 1. The summed E-state index contributed by atoms with van der Waals surface area (Å²) in [5.74, 6) is -1.61. The topological polar surface area (TPSA) is 144 Å². The third-order valence-electron chi connectivity index (χ3n) is 5.26. The van der Waals surface area contributed by atoms with Crippen molar-refractivity contribution in [3.63, 3.8) is 0 Å². The van der Waals surface area contributed by atoms with Crippen molar-refractivity contribution in [1.82, 2.24) is 9.99 Å². The molecule has 0 radical (unpaired) electrons. The molecule has 0 aliphatic carbocycles. The maximum absolute atomic E-state index is 12.4. The summed E-state index contributed by atoms with van der Waals surface area (Å²) in [7, 11) is 0. The molecule has 1 fully saturated rings. The Morgan fingerprint density at radius 3 is 2.64 bits per heavy atom. The highest BCUT2D eigenvalue weighted by Crippen LogP contribution is 2.46. The minimum atomic E-state index is -3.91. The molecule has 2 heterocycles. The van der Waals surface area contributed by atoms with Crippen LogP contribution in [0.2, 0.25) is 0 Å². The van der Waals surface area contributed by atoms with Crippen LogP contribution >= 0.6 is 6.64 Å². The van der Waals surface area contributed by atoms with Gasteiger partial charge in [0.25, 0.3) is 0 Å². The molecule has 1 aromatic rings. The van der Waals surface area contributed by atoms with E-state index in [9.17, 15) is 24.6 Å². The van der Waals surface area contributed by atoms with Gasteiger partial charge in [0.15, 0.2) is 12.0 Å². The Hall–Kier alpha value is -2.18. The minimum absolute atomic E-state index is 0.218. The number of ketones is 1. The summed E-state index contributed by atoms with van der Waals surface area (Å²) >= 11 is 5.55. The van der Waals surface area contributed by atoms with Crippen LogP contribution in [0.4, 0.5) is 0 Å². The van der Waals surface area contributed by atoms with Crippen molar-refractivity contribution in [3.05, 3.63) is 42.6 Å². The molecule has 198 valence electrons. The molecule has 1 aromatic carbocycles. The van der Waals surface area contributed by atoms with E-state index in [2.05, 4.69) is 5.09 Å². The van der Waals surface area contributed by atoms with Crippen LogP contribution in [0.1, 0.15) is 36.9 Å². The van der Waals surface area contributed by atoms with E-state index in [1.165, 1.54) is 6.92 Å². The molecular formula is C23H31N2O9PS. The van der Waals surface area contributed by atoms with Crippen LogP contribution in [-0.2, 0) is 40.2 Å². The van der Waals surface area contributed by atoms with Gasteiger partial charge in [0.05, 0.1) is 21.8 Å². The summed E-state index contributed by atoms with van der Waals surface area (Å²) in [5.41, 5.74) is -2.16. The number of carbonyl (C=O) groups excluding carboxylic acids is 3. The number of esters is 1. The molecule has 0 aromatic heterocycles. The first-order valence-corrected chi connectivity index (χ1v) is 13.8. The maximum atomic E-state index is 12.4. The first-order valence-electron chi connectivity index (χ1n) is 12.2. The zero-order chi connectivity index (χ0) is 28.5. The van der Waals surface area contributed by atoms with E-state index in [4.69, 9.17) is 33.1 Å². The zero-order valence-corrected chi connectivity index (χ0v) is 21.9. The second-order valence-corrected chi connectivity index (χ2v) is 11.8. The number of amides is 1. The molecule has 3 rings (SSSR count). The number of ether oxygens (including phenoxy) is 2. The summed E-state index contributed by atoms with van der Waals surface area (Å²) in [6.45, 7) is -0.894. The van der Waals surface area contributed by atoms with Gasteiger partial charge >= 0.3 is 12.6 Å². The number of carbonyl (C=O) groups is 3. The van der Waals surface area contributed by atoms with E-state index in [0.717, 1.165) is 24.1 Å². The first-order chi connectivity index (χ1) is 17.6. The Bertz CT molecular complexity index is 1140. The minimum Gasteiger partial charge on any atom is -0.462 e. The Labute approximate surface area is 217 Å². The van der Waals surface area contributed by atoms with Gasteiger partial charge < -0.3 is 28.7 Å². The summed E-state index contributed by atoms with van der Waals surface area (Å²) in [6.07, 6.45) is -3.98. The van der Waals surface area contributed by atoms with Crippen molar-refractivity contribution in [2.24, 2.45) is 0 Å². The van der Waals surface area contributed by atoms with Gasteiger partial charge in [-0.05, 0) is 57.7 Å². The fourth-order valence-corrected chi connectivity index (χ4v) is 5.66. The number of para-hydroxylation sites is 1. The Kier molecular flexibility index (Phi) is 8.12. The first kappa shape index (κ1) is 25.5. The molecule has 13 heteroatoms. The second-order valence-electron chi connectivity index (χ2n) is 8.79. The monoisotopic (exact) mass is 544 g/mol. The smallest absolute Gasteiger partial charge is 0.323 e. The van der Waals surface area contributed by atoms with Crippen molar-refractivity contribution in [3.8, 4) is 5.75 Å². The average molecular weight is 545 g/mol. The van der Waals surface area contributed by atoms with E-state index in [1.54, 1.807) is 44.2 Å². The molecule has 3 N–H and O–H groups in total. The Balaban J connectivity index is 1.89. The number of aliphatic hydroxyl groups is 2. The van der Waals surface area contributed by atoms with Crippen molar-refractivity contribution in [2.45, 2.75) is 70.3 Å². The predicted molar refractivity (Wildman–Crippen MR) is 132 cm³/mol. The summed E-state index contributed by atoms with van der Waals surface area (Å²) in [4.78, 5) is 37.3. The van der Waals surface area contributed by atoms with Crippen molar-refractivity contribution < 1.29 is 45.9 Å². The van der Waals surface area contributed by atoms with Crippen LogP contribution in [0.5, 0.6) is 5.75 Å². The molecule has 0 saturated carbocycles. The molecule has 0 spiro atoms. The standard InChI is InChI=1S/C23H31N2O9PS/c1-14(2)32-21(29)15(3)24-35(36,34-17-8-6-5-7-9-17)31-13-18-20(28)23(4,30)22(33-18)25-11-10-16(26)12-19(25)27/h5-11,14-15,18,20,22,28,30H,12-13H2,1-4H3,(H,24,36)/t15-,18+,20+,22+,23+,35?/m0/s1/i13D2. The van der Waals surface area contributed by atoms with E-state index < -0.39 is 73.5 Å². The largest absolute Gasteiger partial charge is 0.462 e. The number of hydrogen-bond acceptors (Lipinski definition) is 10. The maximum Gasteiger partial charge on any atom is 0.323 e. The van der Waals surface area contributed by atoms with Gasteiger partial charge in [-0.1, -0.05) is 18.2 Å². The number of nitrogens with one attached hydrogen (secondary N) is 1. The average Bonchev–Trinajstić information content (AvgIpc) is 3.03. The quantitative estimate of drug-likeness (QED) is 0.223. The van der Waals surface area contributed by atoms with Crippen molar-refractivity contribution in [1.29, 1.82) is 0 Å². The highest BCUT2D eigenvalue weighted by molar-refractivity contribution is 8.09. The molecule has 36 heavy (non-hydrogen) atoms. The fourth-order valence-electron chi connectivity index (χ4n) is 3.43.